The first-order valence-electron chi connectivity index (χ1n) is 5.64. The van der Waals surface area contributed by atoms with Crippen LogP contribution in [-0.2, 0) is 11.3 Å². The van der Waals surface area contributed by atoms with Crippen LogP contribution in [0.3, 0.4) is 0 Å². The van der Waals surface area contributed by atoms with E-state index in [9.17, 15) is 4.39 Å². The lowest BCUT2D eigenvalue weighted by Crippen LogP contribution is -2.02. The molecule has 0 bridgehead atoms. The minimum Gasteiger partial charge on any atom is -0.378 e. The number of methoxy groups -OCH3 is 1. The average molecular weight is 282 g/mol. The second-order valence-corrected chi connectivity index (χ2v) is 4.41. The van der Waals surface area contributed by atoms with E-state index in [1.807, 2.05) is 0 Å². The van der Waals surface area contributed by atoms with E-state index < -0.39 is 0 Å². The van der Waals surface area contributed by atoms with E-state index in [0.717, 1.165) is 11.3 Å². The number of ether oxygens (including phenoxy) is 1. The summed E-state index contributed by atoms with van der Waals surface area (Å²) in [5.41, 5.74) is 2.16. The van der Waals surface area contributed by atoms with Crippen LogP contribution in [0.4, 0.5) is 16.0 Å². The largest absolute Gasteiger partial charge is 0.378 e. The monoisotopic (exact) mass is 281 g/mol. The van der Waals surface area contributed by atoms with Crippen LogP contribution >= 0.6 is 11.6 Å². The van der Waals surface area contributed by atoms with Crippen LogP contribution in [0.1, 0.15) is 11.3 Å². The van der Waals surface area contributed by atoms with Gasteiger partial charge >= 0.3 is 0 Å². The molecule has 0 aliphatic carbocycles. The van der Waals surface area contributed by atoms with E-state index in [1.54, 1.807) is 26.2 Å². The molecule has 0 amide bonds. The highest BCUT2D eigenvalue weighted by atomic mass is 35.5. The Bertz CT molecular complexity index is 592. The number of benzene rings is 1. The lowest BCUT2D eigenvalue weighted by atomic mass is 10.2. The minimum absolute atomic E-state index is 0.282. The fraction of sp³-hybridized carbons (Fsp3) is 0.231. The molecule has 2 aromatic rings. The average Bonchev–Trinajstić information content (AvgIpc) is 2.32. The number of halogens is 2. The molecule has 0 atom stereocenters. The first-order valence-corrected chi connectivity index (χ1v) is 6.02. The highest BCUT2D eigenvalue weighted by Crippen LogP contribution is 2.20. The number of hydrogen-bond donors (Lipinski definition) is 1. The Morgan fingerprint density at radius 2 is 2.11 bits per heavy atom. The van der Waals surface area contributed by atoms with Gasteiger partial charge in [0.1, 0.15) is 11.0 Å². The molecular weight excluding hydrogens is 269 g/mol. The van der Waals surface area contributed by atoms with Crippen LogP contribution in [0.25, 0.3) is 0 Å². The first kappa shape index (κ1) is 13.7. The summed E-state index contributed by atoms with van der Waals surface area (Å²) in [6.07, 6.45) is 0. The highest BCUT2D eigenvalue weighted by molar-refractivity contribution is 6.29. The van der Waals surface area contributed by atoms with E-state index in [0.29, 0.717) is 23.4 Å². The predicted molar refractivity (Wildman–Crippen MR) is 72.2 cm³/mol. The number of rotatable bonds is 4. The molecule has 19 heavy (non-hydrogen) atoms. The van der Waals surface area contributed by atoms with Crippen LogP contribution in [0.2, 0.25) is 5.15 Å². The predicted octanol–water partition coefficient (Wildman–Crippen LogP) is 3.47. The second kappa shape index (κ2) is 5.95. The third-order valence-corrected chi connectivity index (χ3v) is 2.67. The maximum absolute atomic E-state index is 13.0. The molecule has 4 nitrogen and oxygen atoms in total. The van der Waals surface area contributed by atoms with Crippen molar-refractivity contribution in [3.8, 4) is 0 Å². The molecule has 0 spiro atoms. The molecule has 2 rings (SSSR count). The van der Waals surface area contributed by atoms with Gasteiger partial charge in [-0.1, -0.05) is 11.6 Å². The number of hydrogen-bond acceptors (Lipinski definition) is 4. The lowest BCUT2D eigenvalue weighted by Gasteiger charge is -2.09. The molecule has 100 valence electrons. The van der Waals surface area contributed by atoms with Crippen molar-refractivity contribution in [1.29, 1.82) is 0 Å². The Morgan fingerprint density at radius 1 is 1.32 bits per heavy atom. The Labute approximate surface area is 115 Å². The summed E-state index contributed by atoms with van der Waals surface area (Å²) in [5, 5.41) is 3.33. The molecule has 0 unspecified atom stereocenters. The van der Waals surface area contributed by atoms with Crippen molar-refractivity contribution in [2.75, 3.05) is 12.4 Å². The summed E-state index contributed by atoms with van der Waals surface area (Å²) in [7, 11) is 1.58. The molecule has 0 fully saturated rings. The van der Waals surface area contributed by atoms with Crippen molar-refractivity contribution < 1.29 is 9.13 Å². The smallest absolute Gasteiger partial charge is 0.228 e. The summed E-state index contributed by atoms with van der Waals surface area (Å²) in [6.45, 7) is 2.14. The molecule has 0 saturated carbocycles. The number of aryl methyl sites for hydroxylation is 1. The van der Waals surface area contributed by atoms with Gasteiger partial charge in [0, 0.05) is 12.8 Å². The minimum atomic E-state index is -0.282. The first-order chi connectivity index (χ1) is 9.08. The van der Waals surface area contributed by atoms with E-state index in [-0.39, 0.29) is 5.82 Å². The zero-order chi connectivity index (χ0) is 13.8. The van der Waals surface area contributed by atoms with Crippen LogP contribution < -0.4 is 5.32 Å². The molecule has 0 aliphatic heterocycles. The van der Waals surface area contributed by atoms with Gasteiger partial charge in [-0.2, -0.15) is 0 Å². The summed E-state index contributed by atoms with van der Waals surface area (Å²) in [5.74, 6) is 0.0735. The maximum Gasteiger partial charge on any atom is 0.228 e. The zero-order valence-corrected chi connectivity index (χ0v) is 11.3. The molecule has 6 heteroatoms. The molecule has 0 radical (unpaired) electrons. The molecule has 0 saturated heterocycles. The SMILES string of the molecule is COCc1cc(Cl)nc(Nc2ccc(F)cc2C)n1. The fourth-order valence-corrected chi connectivity index (χ4v) is 1.84. The third kappa shape index (κ3) is 3.62. The van der Waals surface area contributed by atoms with Crippen LogP contribution in [-0.4, -0.2) is 17.1 Å². The van der Waals surface area contributed by atoms with Gasteiger partial charge in [-0.05, 0) is 36.8 Å². The number of aromatic nitrogens is 2. The van der Waals surface area contributed by atoms with Gasteiger partial charge < -0.3 is 10.1 Å². The van der Waals surface area contributed by atoms with Gasteiger partial charge in [-0.3, -0.25) is 0 Å². The number of nitrogens with one attached hydrogen (secondary N) is 1. The van der Waals surface area contributed by atoms with E-state index in [2.05, 4.69) is 15.3 Å². The topological polar surface area (TPSA) is 47.0 Å². The van der Waals surface area contributed by atoms with E-state index in [4.69, 9.17) is 16.3 Å². The van der Waals surface area contributed by atoms with Gasteiger partial charge in [0.05, 0.1) is 12.3 Å². The number of anilines is 2. The zero-order valence-electron chi connectivity index (χ0n) is 10.6. The second-order valence-electron chi connectivity index (χ2n) is 4.02. The Kier molecular flexibility index (Phi) is 4.29. The Balaban J connectivity index is 2.27. The van der Waals surface area contributed by atoms with E-state index in [1.165, 1.54) is 12.1 Å². The van der Waals surface area contributed by atoms with Gasteiger partial charge in [0.2, 0.25) is 5.95 Å². The molecule has 1 aromatic heterocycles. The van der Waals surface area contributed by atoms with Gasteiger partial charge in [-0.15, -0.1) is 0 Å². The fourth-order valence-electron chi connectivity index (χ4n) is 1.63. The van der Waals surface area contributed by atoms with Crippen molar-refractivity contribution in [3.05, 3.63) is 46.5 Å². The highest BCUT2D eigenvalue weighted by Gasteiger charge is 2.06. The third-order valence-electron chi connectivity index (χ3n) is 2.48. The van der Waals surface area contributed by atoms with Gasteiger partial charge in [0.25, 0.3) is 0 Å². The van der Waals surface area contributed by atoms with Gasteiger partial charge in [-0.25, -0.2) is 14.4 Å². The standard InChI is InChI=1S/C13H13ClFN3O/c1-8-5-9(15)3-4-11(8)17-13-16-10(7-19-2)6-12(14)18-13/h3-6H,7H2,1-2H3,(H,16,17,18). The summed E-state index contributed by atoms with van der Waals surface area (Å²) in [6, 6.07) is 6.07. The van der Waals surface area contributed by atoms with Crippen LogP contribution in [0.5, 0.6) is 0 Å². The molecular formula is C13H13ClFN3O. The molecule has 1 aromatic carbocycles. The van der Waals surface area contributed by atoms with Gasteiger partial charge in [0.15, 0.2) is 0 Å². The Hall–Kier alpha value is -1.72. The summed E-state index contributed by atoms with van der Waals surface area (Å²) in [4.78, 5) is 8.33. The quantitative estimate of drug-likeness (QED) is 0.872. The van der Waals surface area contributed by atoms with Crippen molar-refractivity contribution in [2.24, 2.45) is 0 Å². The van der Waals surface area contributed by atoms with Crippen LogP contribution in [0, 0.1) is 12.7 Å². The van der Waals surface area contributed by atoms with Crippen LogP contribution in [0.15, 0.2) is 24.3 Å². The molecule has 0 aliphatic rings. The number of nitrogens with zero attached hydrogens (tertiary/aromatic N) is 2. The summed E-state index contributed by atoms with van der Waals surface area (Å²) >= 11 is 5.91. The summed E-state index contributed by atoms with van der Waals surface area (Å²) < 4.78 is 18.0. The van der Waals surface area contributed by atoms with Crippen molar-refractivity contribution in [1.82, 2.24) is 9.97 Å². The van der Waals surface area contributed by atoms with Crippen molar-refractivity contribution in [2.45, 2.75) is 13.5 Å². The van der Waals surface area contributed by atoms with Crippen molar-refractivity contribution >= 4 is 23.2 Å². The Morgan fingerprint density at radius 3 is 2.79 bits per heavy atom. The molecule has 1 N–H and O–H groups in total. The van der Waals surface area contributed by atoms with Crippen molar-refractivity contribution in [3.63, 3.8) is 0 Å². The van der Waals surface area contributed by atoms with E-state index >= 15 is 0 Å². The lowest BCUT2D eigenvalue weighted by molar-refractivity contribution is 0.181. The maximum atomic E-state index is 13.0. The molecule has 1 heterocycles. The normalized spacial score (nSPS) is 10.5.